The number of carbonyl (C=O) groups excluding carboxylic acids is 1. The number of halogens is 2. The summed E-state index contributed by atoms with van der Waals surface area (Å²) in [6.07, 6.45) is 0. The molecule has 1 aromatic carbocycles. The summed E-state index contributed by atoms with van der Waals surface area (Å²) in [4.78, 5) is 11.3. The first-order valence-corrected chi connectivity index (χ1v) is 5.84. The SMILES string of the molecule is C[C@H](I)C(=O)Nc1ccc(Br)cc1. The van der Waals surface area contributed by atoms with Gasteiger partial charge in [0.1, 0.15) is 0 Å². The summed E-state index contributed by atoms with van der Waals surface area (Å²) < 4.78 is 0.995. The highest BCUT2D eigenvalue weighted by atomic mass is 127. The summed E-state index contributed by atoms with van der Waals surface area (Å²) in [5.74, 6) is 0.0305. The molecule has 0 unspecified atom stereocenters. The molecule has 0 spiro atoms. The van der Waals surface area contributed by atoms with Gasteiger partial charge in [-0.15, -0.1) is 0 Å². The van der Waals surface area contributed by atoms with Crippen molar-refractivity contribution < 1.29 is 4.79 Å². The van der Waals surface area contributed by atoms with Crippen LogP contribution in [0.2, 0.25) is 0 Å². The van der Waals surface area contributed by atoms with Crippen LogP contribution in [0.3, 0.4) is 0 Å². The van der Waals surface area contributed by atoms with Crippen LogP contribution in [0.4, 0.5) is 5.69 Å². The molecule has 0 saturated heterocycles. The Balaban J connectivity index is 2.65. The van der Waals surface area contributed by atoms with Crippen molar-refractivity contribution in [2.75, 3.05) is 5.32 Å². The van der Waals surface area contributed by atoms with Gasteiger partial charge in [0.15, 0.2) is 0 Å². The normalized spacial score (nSPS) is 12.2. The summed E-state index contributed by atoms with van der Waals surface area (Å²) >= 11 is 5.41. The third-order valence-electron chi connectivity index (χ3n) is 1.47. The maximum atomic E-state index is 11.3. The fourth-order valence-electron chi connectivity index (χ4n) is 0.775. The number of anilines is 1. The maximum Gasteiger partial charge on any atom is 0.237 e. The Labute approximate surface area is 99.4 Å². The van der Waals surface area contributed by atoms with E-state index in [1.54, 1.807) is 0 Å². The Hall–Kier alpha value is -0.100. The molecule has 0 aliphatic heterocycles. The third-order valence-corrected chi connectivity index (χ3v) is 2.57. The molecule has 0 fully saturated rings. The molecule has 13 heavy (non-hydrogen) atoms. The van der Waals surface area contributed by atoms with E-state index in [4.69, 9.17) is 0 Å². The van der Waals surface area contributed by atoms with Gasteiger partial charge >= 0.3 is 0 Å². The average Bonchev–Trinajstić information content (AvgIpc) is 2.08. The van der Waals surface area contributed by atoms with Crippen LogP contribution in [0.1, 0.15) is 6.92 Å². The molecular formula is C9H9BrINO. The monoisotopic (exact) mass is 353 g/mol. The molecule has 1 amide bonds. The summed E-state index contributed by atoms with van der Waals surface area (Å²) in [5.41, 5.74) is 0.830. The fourth-order valence-corrected chi connectivity index (χ4v) is 1.19. The van der Waals surface area contributed by atoms with E-state index in [-0.39, 0.29) is 9.83 Å². The predicted octanol–water partition coefficient (Wildman–Crippen LogP) is 3.21. The first-order valence-electron chi connectivity index (χ1n) is 3.80. The highest BCUT2D eigenvalue weighted by molar-refractivity contribution is 14.1. The van der Waals surface area contributed by atoms with Gasteiger partial charge in [0, 0.05) is 10.2 Å². The number of carbonyl (C=O) groups is 1. The van der Waals surface area contributed by atoms with Gasteiger partial charge in [-0.2, -0.15) is 0 Å². The molecule has 0 radical (unpaired) electrons. The molecule has 0 aliphatic rings. The smallest absolute Gasteiger partial charge is 0.237 e. The second-order valence-corrected chi connectivity index (χ2v) is 5.40. The van der Waals surface area contributed by atoms with Gasteiger partial charge in [-0.3, -0.25) is 4.79 Å². The topological polar surface area (TPSA) is 29.1 Å². The lowest BCUT2D eigenvalue weighted by molar-refractivity contribution is -0.115. The van der Waals surface area contributed by atoms with E-state index >= 15 is 0 Å². The van der Waals surface area contributed by atoms with Crippen molar-refractivity contribution in [1.29, 1.82) is 0 Å². The quantitative estimate of drug-likeness (QED) is 0.642. The lowest BCUT2D eigenvalue weighted by Gasteiger charge is -2.05. The van der Waals surface area contributed by atoms with Crippen LogP contribution in [-0.2, 0) is 4.79 Å². The molecular weight excluding hydrogens is 345 g/mol. The number of benzene rings is 1. The zero-order valence-corrected chi connectivity index (χ0v) is 10.8. The number of rotatable bonds is 2. The molecule has 1 atom stereocenters. The summed E-state index contributed by atoms with van der Waals surface area (Å²) in [7, 11) is 0. The first kappa shape index (κ1) is 11.0. The van der Waals surface area contributed by atoms with Crippen LogP contribution in [0.5, 0.6) is 0 Å². The highest BCUT2D eigenvalue weighted by Gasteiger charge is 2.07. The molecule has 0 aromatic heterocycles. The molecule has 1 N–H and O–H groups in total. The Morgan fingerprint density at radius 2 is 2.00 bits per heavy atom. The summed E-state index contributed by atoms with van der Waals surface area (Å²) in [6.45, 7) is 1.86. The van der Waals surface area contributed by atoms with Crippen LogP contribution < -0.4 is 5.32 Å². The molecule has 4 heteroatoms. The van der Waals surface area contributed by atoms with Crippen molar-refractivity contribution in [1.82, 2.24) is 0 Å². The van der Waals surface area contributed by atoms with Gasteiger partial charge in [-0.05, 0) is 31.2 Å². The van der Waals surface area contributed by atoms with Crippen LogP contribution in [-0.4, -0.2) is 9.83 Å². The minimum Gasteiger partial charge on any atom is -0.325 e. The fraction of sp³-hybridized carbons (Fsp3) is 0.222. The van der Waals surface area contributed by atoms with E-state index in [9.17, 15) is 4.79 Å². The van der Waals surface area contributed by atoms with Crippen molar-refractivity contribution in [3.63, 3.8) is 0 Å². The second kappa shape index (κ2) is 4.95. The van der Waals surface area contributed by atoms with Crippen molar-refractivity contribution in [3.8, 4) is 0 Å². The largest absolute Gasteiger partial charge is 0.325 e. The van der Waals surface area contributed by atoms with Gasteiger partial charge in [0.25, 0.3) is 0 Å². The van der Waals surface area contributed by atoms with Gasteiger partial charge in [0.2, 0.25) is 5.91 Å². The Morgan fingerprint density at radius 3 is 2.46 bits per heavy atom. The van der Waals surface area contributed by atoms with E-state index in [0.29, 0.717) is 0 Å². The minimum absolute atomic E-state index is 0.0127. The lowest BCUT2D eigenvalue weighted by atomic mass is 10.3. The molecule has 0 heterocycles. The van der Waals surface area contributed by atoms with E-state index in [0.717, 1.165) is 10.2 Å². The predicted molar refractivity (Wildman–Crippen MR) is 66.3 cm³/mol. The summed E-state index contributed by atoms with van der Waals surface area (Å²) in [6, 6.07) is 7.52. The van der Waals surface area contributed by atoms with Crippen molar-refractivity contribution in [3.05, 3.63) is 28.7 Å². The zero-order valence-electron chi connectivity index (χ0n) is 7.05. The number of nitrogens with one attached hydrogen (secondary N) is 1. The number of hydrogen-bond acceptors (Lipinski definition) is 1. The molecule has 2 nitrogen and oxygen atoms in total. The van der Waals surface area contributed by atoms with E-state index < -0.39 is 0 Å². The Morgan fingerprint density at radius 1 is 1.46 bits per heavy atom. The van der Waals surface area contributed by atoms with Crippen molar-refractivity contribution >= 4 is 50.1 Å². The zero-order chi connectivity index (χ0) is 9.84. The van der Waals surface area contributed by atoms with Crippen LogP contribution >= 0.6 is 38.5 Å². The van der Waals surface area contributed by atoms with Crippen LogP contribution in [0.25, 0.3) is 0 Å². The number of alkyl halides is 1. The molecule has 0 aliphatic carbocycles. The molecule has 70 valence electrons. The molecule has 1 rings (SSSR count). The first-order chi connectivity index (χ1) is 6.09. The second-order valence-electron chi connectivity index (χ2n) is 2.61. The average molecular weight is 354 g/mol. The molecule has 1 aromatic rings. The van der Waals surface area contributed by atoms with Gasteiger partial charge in [0.05, 0.1) is 3.92 Å². The maximum absolute atomic E-state index is 11.3. The summed E-state index contributed by atoms with van der Waals surface area (Å²) in [5, 5.41) is 2.80. The Bertz CT molecular complexity index is 297. The van der Waals surface area contributed by atoms with Gasteiger partial charge < -0.3 is 5.32 Å². The molecule has 0 saturated carbocycles. The molecule has 0 bridgehead atoms. The Kier molecular flexibility index (Phi) is 4.18. The van der Waals surface area contributed by atoms with Crippen LogP contribution in [0.15, 0.2) is 28.7 Å². The van der Waals surface area contributed by atoms with Gasteiger partial charge in [-0.25, -0.2) is 0 Å². The van der Waals surface area contributed by atoms with Crippen LogP contribution in [0, 0.1) is 0 Å². The van der Waals surface area contributed by atoms with E-state index in [1.165, 1.54) is 0 Å². The van der Waals surface area contributed by atoms with Gasteiger partial charge in [-0.1, -0.05) is 38.5 Å². The van der Waals surface area contributed by atoms with E-state index in [1.807, 2.05) is 31.2 Å². The van der Waals surface area contributed by atoms with Crippen molar-refractivity contribution in [2.24, 2.45) is 0 Å². The standard InChI is InChI=1S/C9H9BrINO/c1-6(11)9(13)12-8-4-2-7(10)3-5-8/h2-6H,1H3,(H,12,13)/t6-/m0/s1. The third kappa shape index (κ3) is 3.64. The lowest BCUT2D eigenvalue weighted by Crippen LogP contribution is -2.19. The number of hydrogen-bond donors (Lipinski definition) is 1. The number of amides is 1. The highest BCUT2D eigenvalue weighted by Crippen LogP contribution is 2.14. The van der Waals surface area contributed by atoms with Crippen molar-refractivity contribution in [2.45, 2.75) is 10.8 Å². The minimum atomic E-state index is -0.0127. The van der Waals surface area contributed by atoms with E-state index in [2.05, 4.69) is 43.8 Å².